The molecule has 4 heterocycles. The molecule has 4 aliphatic rings. The molecule has 0 amide bonds. The molecular formula is C37H40N2O7. The van der Waals surface area contributed by atoms with Gasteiger partial charge in [0.1, 0.15) is 5.75 Å². The van der Waals surface area contributed by atoms with Crippen LogP contribution >= 0.6 is 0 Å². The number of fused-ring (bicyclic) bond motifs is 2. The Bertz CT molecular complexity index is 1770. The van der Waals surface area contributed by atoms with Crippen molar-refractivity contribution in [2.75, 3.05) is 48.6 Å². The molecule has 2 unspecified atom stereocenters. The molecule has 240 valence electrons. The Balaban J connectivity index is 1.50. The van der Waals surface area contributed by atoms with Gasteiger partial charge in [0.15, 0.2) is 34.5 Å². The van der Waals surface area contributed by atoms with Crippen molar-refractivity contribution in [3.8, 4) is 51.7 Å². The van der Waals surface area contributed by atoms with E-state index in [9.17, 15) is 5.11 Å². The number of benzene rings is 4. The molecule has 8 bridgehead atoms. The van der Waals surface area contributed by atoms with E-state index < -0.39 is 0 Å². The van der Waals surface area contributed by atoms with Gasteiger partial charge < -0.3 is 38.8 Å². The van der Waals surface area contributed by atoms with E-state index in [1.807, 2.05) is 24.3 Å². The first-order valence-corrected chi connectivity index (χ1v) is 15.7. The maximum absolute atomic E-state index is 10.7. The van der Waals surface area contributed by atoms with Crippen molar-refractivity contribution in [2.45, 2.75) is 37.8 Å². The number of phenolic OH excluding ortho intramolecular Hbond substituents is 1. The van der Waals surface area contributed by atoms with Gasteiger partial charge in [0.2, 0.25) is 11.5 Å². The number of likely N-dealkylation sites (N-methyl/N-ethyl adjacent to an activating group) is 1. The highest BCUT2D eigenvalue weighted by Crippen LogP contribution is 2.54. The van der Waals surface area contributed by atoms with Crippen LogP contribution in [0, 0.1) is 0 Å². The second-order valence-electron chi connectivity index (χ2n) is 12.1. The lowest BCUT2D eigenvalue weighted by Gasteiger charge is -2.37. The molecule has 9 heteroatoms. The molecule has 0 spiro atoms. The Morgan fingerprint density at radius 3 is 2.24 bits per heavy atom. The topological polar surface area (TPSA) is 90.9 Å². The molecule has 0 radical (unpaired) electrons. The molecule has 8 rings (SSSR count). The van der Waals surface area contributed by atoms with Crippen molar-refractivity contribution >= 4 is 0 Å². The van der Waals surface area contributed by atoms with E-state index in [-0.39, 0.29) is 17.8 Å². The first-order chi connectivity index (χ1) is 22.4. The quantitative estimate of drug-likeness (QED) is 0.263. The number of methoxy groups -OCH3 is 4. The zero-order valence-corrected chi connectivity index (χ0v) is 26.9. The van der Waals surface area contributed by atoms with Crippen molar-refractivity contribution in [1.29, 1.82) is 0 Å². The lowest BCUT2D eigenvalue weighted by atomic mass is 9.87. The van der Waals surface area contributed by atoms with Crippen molar-refractivity contribution < 1.29 is 33.5 Å². The number of aromatic hydroxyl groups is 1. The van der Waals surface area contributed by atoms with E-state index >= 15 is 0 Å². The van der Waals surface area contributed by atoms with E-state index in [4.69, 9.17) is 28.4 Å². The predicted octanol–water partition coefficient (Wildman–Crippen LogP) is 6.53. The summed E-state index contributed by atoms with van der Waals surface area (Å²) in [5, 5.41) is 14.4. The molecule has 2 atom stereocenters. The molecule has 2 N–H and O–H groups in total. The molecule has 0 aliphatic carbocycles. The van der Waals surface area contributed by atoms with E-state index in [0.29, 0.717) is 52.4 Å². The van der Waals surface area contributed by atoms with Crippen LogP contribution in [0.5, 0.6) is 51.7 Å². The minimum Gasteiger partial charge on any atom is -0.504 e. The number of nitrogens with zero attached hydrogens (tertiary/aromatic N) is 1. The number of ether oxygens (including phenoxy) is 6. The van der Waals surface area contributed by atoms with Gasteiger partial charge in [-0.25, -0.2) is 0 Å². The second kappa shape index (κ2) is 12.3. The van der Waals surface area contributed by atoms with Gasteiger partial charge in [0.05, 0.1) is 28.4 Å². The Labute approximate surface area is 269 Å². The summed E-state index contributed by atoms with van der Waals surface area (Å²) in [5.74, 6) is 4.66. The minimum atomic E-state index is -0.125. The van der Waals surface area contributed by atoms with Crippen LogP contribution in [0.1, 0.15) is 45.5 Å². The molecule has 4 aromatic carbocycles. The van der Waals surface area contributed by atoms with Crippen LogP contribution in [0.15, 0.2) is 54.6 Å². The first kappa shape index (κ1) is 30.1. The van der Waals surface area contributed by atoms with Crippen LogP contribution in [-0.2, 0) is 25.7 Å². The van der Waals surface area contributed by atoms with Gasteiger partial charge in [0.25, 0.3) is 0 Å². The van der Waals surface area contributed by atoms with Gasteiger partial charge >= 0.3 is 0 Å². The van der Waals surface area contributed by atoms with Crippen LogP contribution in [0.4, 0.5) is 0 Å². The summed E-state index contributed by atoms with van der Waals surface area (Å²) in [4.78, 5) is 2.37. The fourth-order valence-electron chi connectivity index (χ4n) is 7.15. The molecule has 4 aliphatic heterocycles. The van der Waals surface area contributed by atoms with Crippen molar-refractivity contribution in [2.24, 2.45) is 0 Å². The van der Waals surface area contributed by atoms with Crippen LogP contribution in [-0.4, -0.2) is 58.6 Å². The van der Waals surface area contributed by atoms with Crippen LogP contribution in [0.2, 0.25) is 0 Å². The Hall–Kier alpha value is -4.60. The summed E-state index contributed by atoms with van der Waals surface area (Å²) in [6, 6.07) is 17.7. The predicted molar refractivity (Wildman–Crippen MR) is 175 cm³/mol. The normalized spacial score (nSPS) is 18.7. The largest absolute Gasteiger partial charge is 0.504 e. The third-order valence-corrected chi connectivity index (χ3v) is 9.50. The standard InChI is InChI=1S/C37H40N2O7/c1-39-15-13-25-26-20-32(42-3)35(43-4)34(25)46-37-33-23(19-31(41-2)36(37)44-5)12-14-38-27(33)16-22-8-11-29(40)30(18-22)45-24-9-6-21(7-10-24)17-28(26)39/h6-11,18-20,27-28,38,40H,12-17H2,1-5H3. The summed E-state index contributed by atoms with van der Waals surface area (Å²) < 4.78 is 37.2. The Kier molecular flexibility index (Phi) is 8.04. The Morgan fingerprint density at radius 1 is 0.783 bits per heavy atom. The lowest BCUT2D eigenvalue weighted by Crippen LogP contribution is -2.34. The summed E-state index contributed by atoms with van der Waals surface area (Å²) in [7, 11) is 8.75. The van der Waals surface area contributed by atoms with Crippen LogP contribution in [0.25, 0.3) is 0 Å². The number of phenols is 1. The minimum absolute atomic E-state index is 0.0628. The zero-order valence-electron chi connectivity index (χ0n) is 26.9. The van der Waals surface area contributed by atoms with Gasteiger partial charge in [-0.15, -0.1) is 0 Å². The van der Waals surface area contributed by atoms with Crippen molar-refractivity contribution in [1.82, 2.24) is 10.2 Å². The summed E-state index contributed by atoms with van der Waals surface area (Å²) in [6.45, 7) is 1.63. The molecule has 0 saturated heterocycles. The molecule has 0 saturated carbocycles. The van der Waals surface area contributed by atoms with Gasteiger partial charge in [0, 0.05) is 29.8 Å². The summed E-state index contributed by atoms with van der Waals surface area (Å²) in [5.41, 5.74) is 6.49. The fraction of sp³-hybridized carbons (Fsp3) is 0.351. The van der Waals surface area contributed by atoms with Crippen molar-refractivity contribution in [3.05, 3.63) is 88.0 Å². The maximum atomic E-state index is 10.7. The van der Waals surface area contributed by atoms with E-state index in [1.54, 1.807) is 34.5 Å². The van der Waals surface area contributed by atoms with Crippen LogP contribution in [0.3, 0.4) is 0 Å². The highest BCUT2D eigenvalue weighted by Gasteiger charge is 2.35. The highest BCUT2D eigenvalue weighted by molar-refractivity contribution is 5.67. The van der Waals surface area contributed by atoms with E-state index in [2.05, 4.69) is 41.5 Å². The molecular weight excluding hydrogens is 584 g/mol. The summed E-state index contributed by atoms with van der Waals surface area (Å²) in [6.07, 6.45) is 2.96. The molecule has 46 heavy (non-hydrogen) atoms. The third-order valence-electron chi connectivity index (χ3n) is 9.50. The van der Waals surface area contributed by atoms with E-state index in [1.165, 1.54) is 0 Å². The number of nitrogens with one attached hydrogen (secondary N) is 1. The third kappa shape index (κ3) is 5.23. The smallest absolute Gasteiger partial charge is 0.204 e. The van der Waals surface area contributed by atoms with Crippen molar-refractivity contribution in [3.63, 3.8) is 0 Å². The second-order valence-corrected chi connectivity index (χ2v) is 12.1. The lowest BCUT2D eigenvalue weighted by molar-refractivity contribution is 0.224. The average molecular weight is 625 g/mol. The SMILES string of the molecule is COc1cc2c3c(c1OC)Oc1c(OC)c(OC)cc4c1C(Cc1ccc(O)c(c1)Oc1ccc(cc1)CC2N(C)CC3)NCC4. The fourth-order valence-corrected chi connectivity index (χ4v) is 7.15. The molecule has 9 nitrogen and oxygen atoms in total. The Morgan fingerprint density at radius 2 is 1.50 bits per heavy atom. The van der Waals surface area contributed by atoms with Gasteiger partial charge in [-0.05, 0) is 97.9 Å². The monoisotopic (exact) mass is 624 g/mol. The van der Waals surface area contributed by atoms with Gasteiger partial charge in [-0.3, -0.25) is 4.90 Å². The number of rotatable bonds is 4. The number of hydrogen-bond donors (Lipinski definition) is 2. The van der Waals surface area contributed by atoms with Gasteiger partial charge in [-0.2, -0.15) is 0 Å². The molecule has 4 aromatic rings. The number of hydrogen-bond acceptors (Lipinski definition) is 9. The average Bonchev–Trinajstić information content (AvgIpc) is 3.07. The van der Waals surface area contributed by atoms with Gasteiger partial charge in [-0.1, -0.05) is 18.2 Å². The molecule has 0 fully saturated rings. The summed E-state index contributed by atoms with van der Waals surface area (Å²) >= 11 is 0. The maximum Gasteiger partial charge on any atom is 0.204 e. The van der Waals surface area contributed by atoms with E-state index in [0.717, 1.165) is 65.7 Å². The molecule has 0 aromatic heterocycles. The first-order valence-electron chi connectivity index (χ1n) is 15.7. The van der Waals surface area contributed by atoms with Crippen LogP contribution < -0.4 is 33.7 Å². The highest BCUT2D eigenvalue weighted by atomic mass is 16.6. The zero-order chi connectivity index (χ0) is 31.9.